The van der Waals surface area contributed by atoms with Crippen LogP contribution in [0.1, 0.15) is 21.7 Å². The van der Waals surface area contributed by atoms with Crippen LogP contribution < -0.4 is 5.32 Å². The van der Waals surface area contributed by atoms with Crippen molar-refractivity contribution >= 4 is 34.6 Å². The van der Waals surface area contributed by atoms with Gasteiger partial charge < -0.3 is 10.3 Å². The van der Waals surface area contributed by atoms with Crippen LogP contribution in [0.3, 0.4) is 0 Å². The van der Waals surface area contributed by atoms with Gasteiger partial charge in [0.1, 0.15) is 10.3 Å². The number of hydrogen-bond donors (Lipinski definition) is 2. The minimum absolute atomic E-state index is 0.0160. The smallest absolute Gasteiger partial charge is 0.352 e. The first-order valence-corrected chi connectivity index (χ1v) is 9.48. The molecule has 0 saturated carbocycles. The maximum atomic E-state index is 14.0. The second-order valence-electron chi connectivity index (χ2n) is 6.74. The normalized spacial score (nSPS) is 12.2. The van der Waals surface area contributed by atoms with E-state index in [2.05, 4.69) is 15.1 Å². The summed E-state index contributed by atoms with van der Waals surface area (Å²) in [7, 11) is 0. The third-order valence-corrected chi connectivity index (χ3v) is 4.95. The lowest BCUT2D eigenvalue weighted by atomic mass is 10.1. The van der Waals surface area contributed by atoms with Gasteiger partial charge in [0.15, 0.2) is 5.69 Å². The van der Waals surface area contributed by atoms with Gasteiger partial charge in [0, 0.05) is 28.9 Å². The largest absolute Gasteiger partial charge is 0.434 e. The van der Waals surface area contributed by atoms with Crippen LogP contribution in [0.2, 0.25) is 0 Å². The summed E-state index contributed by atoms with van der Waals surface area (Å²) in [5.41, 5.74) is -3.93. The molecule has 0 aliphatic carbocycles. The summed E-state index contributed by atoms with van der Waals surface area (Å²) in [6.07, 6.45) is -6.87. The number of rotatable bonds is 3. The first-order valence-electron chi connectivity index (χ1n) is 9.07. The van der Waals surface area contributed by atoms with Crippen LogP contribution in [-0.2, 0) is 12.4 Å². The minimum Gasteiger partial charge on any atom is -0.352 e. The van der Waals surface area contributed by atoms with Crippen LogP contribution in [0.5, 0.6) is 0 Å². The van der Waals surface area contributed by atoms with Crippen molar-refractivity contribution in [1.82, 2.24) is 19.7 Å². The Labute approximate surface area is 185 Å². The summed E-state index contributed by atoms with van der Waals surface area (Å²) in [5.74, 6) is -1.29. The van der Waals surface area contributed by atoms with Gasteiger partial charge >= 0.3 is 12.4 Å². The fourth-order valence-corrected chi connectivity index (χ4v) is 3.47. The fourth-order valence-electron chi connectivity index (χ4n) is 3.22. The fraction of sp³-hybridized carbons (Fsp3) is 0.100. The number of fused-ring (bicyclic) bond motifs is 1. The van der Waals surface area contributed by atoms with Crippen LogP contribution in [0.25, 0.3) is 16.5 Å². The summed E-state index contributed by atoms with van der Waals surface area (Å²) in [4.78, 5) is 18.5. The molecule has 6 nitrogen and oxygen atoms in total. The van der Waals surface area contributed by atoms with Gasteiger partial charge in [0.05, 0.1) is 17.4 Å². The van der Waals surface area contributed by atoms with Gasteiger partial charge in [-0.2, -0.15) is 31.4 Å². The molecule has 0 aliphatic heterocycles. The Morgan fingerprint density at radius 2 is 1.79 bits per heavy atom. The number of nitrogens with zero attached hydrogens (tertiary/aromatic N) is 3. The Bertz CT molecular complexity index is 1420. The second-order valence-corrected chi connectivity index (χ2v) is 7.15. The predicted molar refractivity (Wildman–Crippen MR) is 108 cm³/mol. The number of pyridine rings is 2. The van der Waals surface area contributed by atoms with Crippen molar-refractivity contribution in [2.45, 2.75) is 12.4 Å². The Hall–Kier alpha value is -3.74. The number of amides is 1. The quantitative estimate of drug-likeness (QED) is 0.287. The third kappa shape index (κ3) is 4.31. The molecule has 0 saturated heterocycles. The van der Waals surface area contributed by atoms with Crippen molar-refractivity contribution in [3.05, 3.63) is 76.6 Å². The van der Waals surface area contributed by atoms with Crippen molar-refractivity contribution in [3.8, 4) is 5.69 Å². The molecule has 4 aromatic rings. The predicted octanol–water partition coefficient (Wildman–Crippen LogP) is 5.77. The van der Waals surface area contributed by atoms with Crippen molar-refractivity contribution in [2.24, 2.45) is 0 Å². The number of H-pyrrole nitrogens is 1. The molecule has 0 unspecified atom stereocenters. The number of carbonyl (C=O) groups is 1. The number of aromatic nitrogens is 4. The van der Waals surface area contributed by atoms with Crippen LogP contribution in [0.15, 0.2) is 55.0 Å². The van der Waals surface area contributed by atoms with E-state index in [1.807, 2.05) is 5.32 Å². The van der Waals surface area contributed by atoms with Crippen molar-refractivity contribution < 1.29 is 31.1 Å². The monoisotopic (exact) mass is 483 g/mol. The van der Waals surface area contributed by atoms with Crippen molar-refractivity contribution in [1.29, 1.82) is 0 Å². The number of halogens is 6. The zero-order valence-electron chi connectivity index (χ0n) is 16.1. The zero-order chi connectivity index (χ0) is 24.0. The first-order chi connectivity index (χ1) is 15.5. The van der Waals surface area contributed by atoms with E-state index in [4.69, 9.17) is 12.2 Å². The summed E-state index contributed by atoms with van der Waals surface area (Å²) in [6, 6.07) is 7.53. The number of alkyl halides is 6. The maximum Gasteiger partial charge on any atom is 0.434 e. The number of carbonyl (C=O) groups excluding carboxylic acids is 1. The van der Waals surface area contributed by atoms with Gasteiger partial charge in [-0.25, -0.2) is 4.68 Å². The van der Waals surface area contributed by atoms with Crippen LogP contribution >= 0.6 is 12.2 Å². The van der Waals surface area contributed by atoms with Gasteiger partial charge in [-0.15, -0.1) is 0 Å². The molecular weight excluding hydrogens is 472 g/mol. The average Bonchev–Trinajstić information content (AvgIpc) is 3.19. The summed E-state index contributed by atoms with van der Waals surface area (Å²) in [6.45, 7) is 0. The Kier molecular flexibility index (Phi) is 5.44. The van der Waals surface area contributed by atoms with Crippen molar-refractivity contribution in [3.63, 3.8) is 0 Å². The number of nitrogens with one attached hydrogen (secondary N) is 2. The second kappa shape index (κ2) is 7.99. The zero-order valence-corrected chi connectivity index (χ0v) is 16.9. The highest BCUT2D eigenvalue weighted by Gasteiger charge is 2.41. The average molecular weight is 483 g/mol. The first kappa shape index (κ1) is 22.5. The SMILES string of the molecule is O=C(Nc1ccnc(C(F)(F)F)c1)c1cnn(-c2cccc3c(=S)[nH]ccc23)c1C(F)(F)F. The highest BCUT2D eigenvalue weighted by Crippen LogP contribution is 2.36. The third-order valence-electron chi connectivity index (χ3n) is 4.61. The maximum absolute atomic E-state index is 14.0. The van der Waals surface area contributed by atoms with Crippen LogP contribution in [0.4, 0.5) is 32.0 Å². The van der Waals surface area contributed by atoms with Gasteiger partial charge in [-0.1, -0.05) is 24.4 Å². The van der Waals surface area contributed by atoms with Gasteiger partial charge in [-0.05, 0) is 24.3 Å². The molecule has 3 heterocycles. The summed E-state index contributed by atoms with van der Waals surface area (Å²) < 4.78 is 81.4. The van der Waals surface area contributed by atoms with Crippen molar-refractivity contribution in [2.75, 3.05) is 5.32 Å². The lowest BCUT2D eigenvalue weighted by Gasteiger charge is -2.14. The van der Waals surface area contributed by atoms with E-state index in [9.17, 15) is 31.1 Å². The molecule has 0 bridgehead atoms. The topological polar surface area (TPSA) is 75.6 Å². The Morgan fingerprint density at radius 3 is 2.48 bits per heavy atom. The van der Waals surface area contributed by atoms with E-state index in [0.717, 1.165) is 12.3 Å². The molecular formula is C20H11F6N5OS. The molecule has 13 heteroatoms. The number of aromatic amines is 1. The highest BCUT2D eigenvalue weighted by molar-refractivity contribution is 7.71. The summed E-state index contributed by atoms with van der Waals surface area (Å²) in [5, 5.41) is 6.61. The van der Waals surface area contributed by atoms with E-state index in [-0.39, 0.29) is 11.4 Å². The van der Waals surface area contributed by atoms with Gasteiger partial charge in [-0.3, -0.25) is 9.78 Å². The standard InChI is InChI=1S/C20H11F6N5OS/c21-19(22,23)15-8-10(4-6-27-15)30-17(32)13-9-29-31(16(13)20(24,25)26)14-3-1-2-12-11(14)5-7-28-18(12)33/h1-9H,(H,28,33)(H,27,30,32). The molecule has 2 N–H and O–H groups in total. The van der Waals surface area contributed by atoms with Crippen LogP contribution in [-0.4, -0.2) is 25.7 Å². The minimum atomic E-state index is -5.02. The van der Waals surface area contributed by atoms with E-state index in [1.54, 1.807) is 6.07 Å². The molecule has 0 spiro atoms. The molecule has 170 valence electrons. The highest BCUT2D eigenvalue weighted by atomic mass is 32.1. The molecule has 0 aliphatic rings. The van der Waals surface area contributed by atoms with Gasteiger partial charge in [0.2, 0.25) is 0 Å². The van der Waals surface area contributed by atoms with Gasteiger partial charge in [0.25, 0.3) is 5.91 Å². The summed E-state index contributed by atoms with van der Waals surface area (Å²) >= 11 is 5.17. The van der Waals surface area contributed by atoms with E-state index in [0.29, 0.717) is 32.4 Å². The van der Waals surface area contributed by atoms with Crippen LogP contribution in [0, 0.1) is 4.64 Å². The molecule has 33 heavy (non-hydrogen) atoms. The molecule has 0 radical (unpaired) electrons. The Balaban J connectivity index is 1.81. The van der Waals surface area contributed by atoms with E-state index >= 15 is 0 Å². The number of hydrogen-bond acceptors (Lipinski definition) is 4. The molecule has 0 atom stereocenters. The lowest BCUT2D eigenvalue weighted by Crippen LogP contribution is -2.21. The molecule has 3 aromatic heterocycles. The number of benzene rings is 1. The number of anilines is 1. The molecule has 0 fully saturated rings. The molecule has 1 amide bonds. The van der Waals surface area contributed by atoms with E-state index < -0.39 is 35.2 Å². The Morgan fingerprint density at radius 1 is 1.03 bits per heavy atom. The molecule has 1 aromatic carbocycles. The molecule has 4 rings (SSSR count). The lowest BCUT2D eigenvalue weighted by molar-refractivity contribution is -0.143. The van der Waals surface area contributed by atoms with E-state index in [1.165, 1.54) is 24.4 Å².